The number of hydrogen-bond donors (Lipinski definition) is 2. The van der Waals surface area contributed by atoms with Gasteiger partial charge in [-0.2, -0.15) is 0 Å². The van der Waals surface area contributed by atoms with Crippen LogP contribution in [0.3, 0.4) is 0 Å². The van der Waals surface area contributed by atoms with E-state index in [0.717, 1.165) is 18.2 Å². The Morgan fingerprint density at radius 3 is 2.69 bits per heavy atom. The van der Waals surface area contributed by atoms with E-state index in [9.17, 15) is 12.8 Å². The molecule has 0 unspecified atom stereocenters. The second-order valence-electron chi connectivity index (χ2n) is 2.96. The normalized spacial score (nSPS) is 10.7. The van der Waals surface area contributed by atoms with Crippen molar-refractivity contribution in [3.63, 3.8) is 0 Å². The second kappa shape index (κ2) is 5.07. The summed E-state index contributed by atoms with van der Waals surface area (Å²) in [4.78, 5) is -0.223. The average molecular weight is 243 g/mol. The van der Waals surface area contributed by atoms with Crippen LogP contribution in [-0.4, -0.2) is 20.1 Å². The van der Waals surface area contributed by atoms with Crippen molar-refractivity contribution < 1.29 is 17.9 Å². The van der Waals surface area contributed by atoms with Crippen LogP contribution in [0.25, 0.3) is 0 Å². The summed E-state index contributed by atoms with van der Waals surface area (Å²) in [6, 6.07) is 3.05. The summed E-state index contributed by atoms with van der Waals surface area (Å²) >= 11 is 0. The lowest BCUT2D eigenvalue weighted by Gasteiger charge is -2.01. The van der Waals surface area contributed by atoms with Gasteiger partial charge < -0.3 is 5.11 Å². The number of aliphatic hydroxyl groups excluding tert-OH is 1. The summed E-state index contributed by atoms with van der Waals surface area (Å²) in [5.41, 5.74) is -0.00375. The van der Waals surface area contributed by atoms with Crippen molar-refractivity contribution in [3.05, 3.63) is 29.6 Å². The molecule has 0 aliphatic heterocycles. The third-order valence-electron chi connectivity index (χ3n) is 1.71. The SMILES string of the molecule is NS(=O)(=O)c1ccc(F)cc1C#CCCO. The molecule has 0 bridgehead atoms. The molecule has 0 spiro atoms. The first-order chi connectivity index (χ1) is 7.45. The third-order valence-corrected chi connectivity index (χ3v) is 2.68. The lowest BCUT2D eigenvalue weighted by atomic mass is 10.2. The lowest BCUT2D eigenvalue weighted by Crippen LogP contribution is -2.13. The minimum Gasteiger partial charge on any atom is -0.395 e. The van der Waals surface area contributed by atoms with Gasteiger partial charge >= 0.3 is 0 Å². The zero-order valence-corrected chi connectivity index (χ0v) is 9.09. The summed E-state index contributed by atoms with van der Waals surface area (Å²) in [5, 5.41) is 13.5. The fraction of sp³-hybridized carbons (Fsp3) is 0.200. The van der Waals surface area contributed by atoms with Gasteiger partial charge in [-0.05, 0) is 18.2 Å². The lowest BCUT2D eigenvalue weighted by molar-refractivity contribution is 0.305. The topological polar surface area (TPSA) is 80.4 Å². The molecule has 0 aliphatic carbocycles. The van der Waals surface area contributed by atoms with Gasteiger partial charge in [0.2, 0.25) is 10.0 Å². The average Bonchev–Trinajstić information content (AvgIpc) is 2.16. The van der Waals surface area contributed by atoms with E-state index >= 15 is 0 Å². The van der Waals surface area contributed by atoms with E-state index in [1.807, 2.05) is 0 Å². The third kappa shape index (κ3) is 3.31. The number of primary sulfonamides is 1. The number of halogens is 1. The number of aliphatic hydroxyl groups is 1. The fourth-order valence-corrected chi connectivity index (χ4v) is 1.74. The van der Waals surface area contributed by atoms with Gasteiger partial charge in [0.25, 0.3) is 0 Å². The quantitative estimate of drug-likeness (QED) is 0.728. The smallest absolute Gasteiger partial charge is 0.239 e. The second-order valence-corrected chi connectivity index (χ2v) is 4.49. The molecule has 0 atom stereocenters. The van der Waals surface area contributed by atoms with E-state index in [-0.39, 0.29) is 23.5 Å². The molecule has 6 heteroatoms. The molecule has 0 aliphatic rings. The molecule has 86 valence electrons. The highest BCUT2D eigenvalue weighted by Crippen LogP contribution is 2.14. The Labute approximate surface area is 93.0 Å². The summed E-state index contributed by atoms with van der Waals surface area (Å²) in [6.45, 7) is -0.146. The number of nitrogens with two attached hydrogens (primary N) is 1. The maximum atomic E-state index is 12.9. The Bertz CT molecular complexity index is 543. The Balaban J connectivity index is 3.26. The highest BCUT2D eigenvalue weighted by molar-refractivity contribution is 7.89. The Hall–Kier alpha value is -1.42. The van der Waals surface area contributed by atoms with Crippen molar-refractivity contribution in [2.45, 2.75) is 11.3 Å². The fourth-order valence-electron chi connectivity index (χ4n) is 1.06. The first kappa shape index (κ1) is 12.6. The largest absolute Gasteiger partial charge is 0.395 e. The summed E-state index contributed by atoms with van der Waals surface area (Å²) < 4.78 is 35.2. The van der Waals surface area contributed by atoms with Crippen molar-refractivity contribution in [2.75, 3.05) is 6.61 Å². The van der Waals surface area contributed by atoms with Crippen molar-refractivity contribution >= 4 is 10.0 Å². The number of benzene rings is 1. The molecule has 0 aromatic heterocycles. The van der Waals surface area contributed by atoms with Gasteiger partial charge in [-0.1, -0.05) is 11.8 Å². The molecule has 0 radical (unpaired) electrons. The van der Waals surface area contributed by atoms with Crippen LogP contribution in [0.2, 0.25) is 0 Å². The van der Waals surface area contributed by atoms with Crippen LogP contribution < -0.4 is 5.14 Å². The van der Waals surface area contributed by atoms with Gasteiger partial charge in [-0.25, -0.2) is 17.9 Å². The summed E-state index contributed by atoms with van der Waals surface area (Å²) in [5.74, 6) is 4.36. The molecule has 1 rings (SSSR count). The van der Waals surface area contributed by atoms with Crippen molar-refractivity contribution in [1.82, 2.24) is 0 Å². The molecule has 0 heterocycles. The van der Waals surface area contributed by atoms with Crippen LogP contribution in [-0.2, 0) is 10.0 Å². The van der Waals surface area contributed by atoms with Crippen molar-refractivity contribution in [3.8, 4) is 11.8 Å². The maximum Gasteiger partial charge on any atom is 0.239 e. The molecule has 0 fully saturated rings. The van der Waals surface area contributed by atoms with E-state index in [2.05, 4.69) is 11.8 Å². The van der Waals surface area contributed by atoms with Gasteiger partial charge in [-0.3, -0.25) is 0 Å². The minimum absolute atomic E-state index is 0.00375. The molecule has 4 nitrogen and oxygen atoms in total. The monoisotopic (exact) mass is 243 g/mol. The highest BCUT2D eigenvalue weighted by Gasteiger charge is 2.12. The number of rotatable bonds is 2. The minimum atomic E-state index is -3.92. The standard InChI is InChI=1S/C10H10FNO3S/c11-9-4-5-10(16(12,14)15)8(7-9)3-1-2-6-13/h4-5,7,13H,2,6H2,(H2,12,14,15). The summed E-state index contributed by atoms with van der Waals surface area (Å²) in [7, 11) is -3.92. The van der Waals surface area contributed by atoms with E-state index < -0.39 is 15.8 Å². The zero-order valence-electron chi connectivity index (χ0n) is 8.27. The number of sulfonamides is 1. The van der Waals surface area contributed by atoms with E-state index in [1.54, 1.807) is 0 Å². The van der Waals surface area contributed by atoms with Crippen LogP contribution in [0, 0.1) is 17.7 Å². The highest BCUT2D eigenvalue weighted by atomic mass is 32.2. The van der Waals surface area contributed by atoms with Crippen LogP contribution >= 0.6 is 0 Å². The van der Waals surface area contributed by atoms with Gasteiger partial charge in [0.05, 0.1) is 11.5 Å². The first-order valence-electron chi connectivity index (χ1n) is 4.37. The van der Waals surface area contributed by atoms with E-state index in [4.69, 9.17) is 10.2 Å². The van der Waals surface area contributed by atoms with Crippen molar-refractivity contribution in [1.29, 1.82) is 0 Å². The maximum absolute atomic E-state index is 12.9. The zero-order chi connectivity index (χ0) is 12.2. The molecule has 16 heavy (non-hydrogen) atoms. The summed E-state index contributed by atoms with van der Waals surface area (Å²) in [6.07, 6.45) is 0.181. The predicted octanol–water partition coefficient (Wildman–Crippen LogP) is 0.207. The van der Waals surface area contributed by atoms with Crippen LogP contribution in [0.15, 0.2) is 23.1 Å². The van der Waals surface area contributed by atoms with Crippen LogP contribution in [0.1, 0.15) is 12.0 Å². The molecule has 1 aromatic carbocycles. The van der Waals surface area contributed by atoms with Crippen LogP contribution in [0.4, 0.5) is 4.39 Å². The molecule has 3 N–H and O–H groups in total. The van der Waals surface area contributed by atoms with Crippen molar-refractivity contribution in [2.24, 2.45) is 5.14 Å². The van der Waals surface area contributed by atoms with Gasteiger partial charge in [0, 0.05) is 12.0 Å². The number of hydrogen-bond acceptors (Lipinski definition) is 3. The molecule has 0 saturated heterocycles. The first-order valence-corrected chi connectivity index (χ1v) is 5.92. The van der Waals surface area contributed by atoms with Gasteiger partial charge in [0.1, 0.15) is 5.82 Å². The van der Waals surface area contributed by atoms with Gasteiger partial charge in [-0.15, -0.1) is 0 Å². The predicted molar refractivity (Wildman–Crippen MR) is 56.4 cm³/mol. The molecular weight excluding hydrogens is 233 g/mol. The van der Waals surface area contributed by atoms with Gasteiger partial charge in [0.15, 0.2) is 0 Å². The van der Waals surface area contributed by atoms with Crippen LogP contribution in [0.5, 0.6) is 0 Å². The Morgan fingerprint density at radius 2 is 2.12 bits per heavy atom. The van der Waals surface area contributed by atoms with E-state index in [0.29, 0.717) is 0 Å². The van der Waals surface area contributed by atoms with E-state index in [1.165, 1.54) is 0 Å². The molecule has 0 amide bonds. The Morgan fingerprint density at radius 1 is 1.44 bits per heavy atom. The molecule has 0 saturated carbocycles. The Kier molecular flexibility index (Phi) is 4.01. The molecular formula is C10H10FNO3S. The molecule has 1 aromatic rings.